The summed E-state index contributed by atoms with van der Waals surface area (Å²) in [4.78, 5) is 3.04. The number of aliphatic hydroxyl groups excluding tert-OH is 4. The molecule has 11 nitrogen and oxygen atoms in total. The fourth-order valence-corrected chi connectivity index (χ4v) is 4.24. The molecule has 160 valence electrons. The largest absolute Gasteiger partial charge is 0.714 e. The quantitative estimate of drug-likeness (QED) is 0.121. The Kier molecular flexibility index (Phi) is 6.80. The molecule has 0 spiro atoms. The number of H-pyrrole nitrogens is 1. The Hall–Kier alpha value is -1.71. The summed E-state index contributed by atoms with van der Waals surface area (Å²) in [5, 5.41) is 43.4. The van der Waals surface area contributed by atoms with Gasteiger partial charge in [0, 0.05) is 23.5 Å². The van der Waals surface area contributed by atoms with Gasteiger partial charge in [-0.2, -0.15) is 8.42 Å². The minimum atomic E-state index is -5.12. The van der Waals surface area contributed by atoms with E-state index < -0.39 is 46.9 Å². The number of aliphatic hydroxyl groups is 4. The lowest BCUT2D eigenvalue weighted by molar-refractivity contribution is -0.205. The fraction of sp³-hybridized carbons (Fsp3) is 0.438. The number of aromatic nitrogens is 1. The third kappa shape index (κ3) is 5.26. The predicted octanol–water partition coefficient (Wildman–Crippen LogP) is -0.966. The summed E-state index contributed by atoms with van der Waals surface area (Å²) in [6.45, 7) is -0.623. The minimum Gasteiger partial charge on any atom is -0.714 e. The van der Waals surface area contributed by atoms with Crippen molar-refractivity contribution in [1.29, 1.82) is 0 Å². The van der Waals surface area contributed by atoms with Gasteiger partial charge in [-0.3, -0.25) is 4.28 Å². The molecule has 3 rings (SSSR count). The molecular weight excluding hydrogens is 428 g/mol. The Morgan fingerprint density at radius 1 is 1.24 bits per heavy atom. The van der Waals surface area contributed by atoms with Gasteiger partial charge in [-0.15, -0.1) is 0 Å². The molecule has 5 N–H and O–H groups in total. The second kappa shape index (κ2) is 8.97. The summed E-state index contributed by atoms with van der Waals surface area (Å²) < 4.78 is 41.8. The van der Waals surface area contributed by atoms with Gasteiger partial charge in [-0.05, 0) is 11.6 Å². The predicted molar refractivity (Wildman–Crippen MR) is 102 cm³/mol. The first-order chi connectivity index (χ1) is 13.7. The van der Waals surface area contributed by atoms with Crippen LogP contribution in [-0.2, 0) is 25.8 Å². The Labute approximate surface area is 169 Å². The second-order valence-corrected chi connectivity index (χ2v) is 8.46. The highest BCUT2D eigenvalue weighted by Gasteiger charge is 2.44. The van der Waals surface area contributed by atoms with Crippen molar-refractivity contribution >= 4 is 38.1 Å². The zero-order chi connectivity index (χ0) is 21.2. The summed E-state index contributed by atoms with van der Waals surface area (Å²) in [6.07, 6.45) is -4.20. The van der Waals surface area contributed by atoms with E-state index in [1.165, 1.54) is 0 Å². The van der Waals surface area contributed by atoms with Crippen molar-refractivity contribution in [3.63, 3.8) is 0 Å². The number of para-hydroxylation sites is 1. The first-order valence-electron chi connectivity index (χ1n) is 8.43. The van der Waals surface area contributed by atoms with Gasteiger partial charge in [-0.1, -0.05) is 35.1 Å². The maximum Gasteiger partial charge on any atom is 0.284 e. The van der Waals surface area contributed by atoms with Crippen molar-refractivity contribution in [2.75, 3.05) is 6.61 Å². The van der Waals surface area contributed by atoms with Crippen molar-refractivity contribution < 1.29 is 42.4 Å². The van der Waals surface area contributed by atoms with Crippen LogP contribution in [0.4, 0.5) is 0 Å². The summed E-state index contributed by atoms with van der Waals surface area (Å²) in [6, 6.07) is 7.29. The maximum atomic E-state index is 10.8. The molecule has 2 heterocycles. The normalized spacial score (nSPS) is 28.6. The number of fused-ring (bicyclic) bond motifs is 1. The molecule has 0 unspecified atom stereocenters. The average Bonchev–Trinajstić information content (AvgIpc) is 3.08. The molecular formula is C16H19N2O9S2-. The van der Waals surface area contributed by atoms with E-state index in [0.29, 0.717) is 17.3 Å². The molecule has 1 saturated heterocycles. The number of oxime groups is 1. The zero-order valence-electron chi connectivity index (χ0n) is 14.8. The lowest BCUT2D eigenvalue weighted by Gasteiger charge is -2.39. The highest BCUT2D eigenvalue weighted by Crippen LogP contribution is 2.31. The number of ether oxygens (including phenoxy) is 1. The molecule has 2 aromatic rings. The van der Waals surface area contributed by atoms with Crippen LogP contribution >= 0.6 is 11.8 Å². The Morgan fingerprint density at radius 2 is 1.97 bits per heavy atom. The van der Waals surface area contributed by atoms with E-state index in [1.807, 2.05) is 18.2 Å². The summed E-state index contributed by atoms with van der Waals surface area (Å²) >= 11 is 0.699. The van der Waals surface area contributed by atoms with Crippen LogP contribution in [0, 0.1) is 0 Å². The van der Waals surface area contributed by atoms with Crippen molar-refractivity contribution in [2.24, 2.45) is 5.16 Å². The summed E-state index contributed by atoms with van der Waals surface area (Å²) in [7, 11) is -5.12. The van der Waals surface area contributed by atoms with E-state index in [9.17, 15) is 33.4 Å². The van der Waals surface area contributed by atoms with E-state index in [2.05, 4.69) is 14.4 Å². The first-order valence-corrected chi connectivity index (χ1v) is 10.6. The van der Waals surface area contributed by atoms with Gasteiger partial charge in [0.05, 0.1) is 6.61 Å². The van der Waals surface area contributed by atoms with Crippen LogP contribution in [0.3, 0.4) is 0 Å². The van der Waals surface area contributed by atoms with Gasteiger partial charge in [0.2, 0.25) is 0 Å². The molecule has 0 aliphatic carbocycles. The summed E-state index contributed by atoms with van der Waals surface area (Å²) in [5.74, 6) is 0. The van der Waals surface area contributed by atoms with Crippen molar-refractivity contribution in [3.8, 4) is 0 Å². The maximum absolute atomic E-state index is 10.8. The third-order valence-corrected chi connectivity index (χ3v) is 5.72. The molecule has 0 bridgehead atoms. The van der Waals surface area contributed by atoms with Crippen LogP contribution in [0.25, 0.3) is 10.9 Å². The van der Waals surface area contributed by atoms with Gasteiger partial charge in [0.1, 0.15) is 34.9 Å². The van der Waals surface area contributed by atoms with Gasteiger partial charge in [0.15, 0.2) is 0 Å². The second-order valence-electron chi connectivity index (χ2n) is 6.32. The van der Waals surface area contributed by atoms with Crippen molar-refractivity contribution in [3.05, 3.63) is 36.0 Å². The number of benzene rings is 1. The molecule has 5 atom stereocenters. The lowest BCUT2D eigenvalue weighted by Crippen LogP contribution is -2.57. The smallest absolute Gasteiger partial charge is 0.284 e. The number of thioether (sulfide) groups is 1. The monoisotopic (exact) mass is 447 g/mol. The molecule has 1 fully saturated rings. The summed E-state index contributed by atoms with van der Waals surface area (Å²) in [5.41, 5.74) is 0.299. The number of hydrogen-bond donors (Lipinski definition) is 5. The Bertz CT molecular complexity index is 976. The van der Waals surface area contributed by atoms with Crippen LogP contribution in [0.5, 0.6) is 0 Å². The van der Waals surface area contributed by atoms with Gasteiger partial charge in [0.25, 0.3) is 10.4 Å². The van der Waals surface area contributed by atoms with Gasteiger partial charge in [-0.25, -0.2) is 0 Å². The number of nitrogens with one attached hydrogen (secondary N) is 1. The number of nitrogens with zero attached hydrogens (tertiary/aromatic N) is 1. The van der Waals surface area contributed by atoms with E-state index in [0.717, 1.165) is 10.9 Å². The van der Waals surface area contributed by atoms with Crippen LogP contribution < -0.4 is 0 Å². The van der Waals surface area contributed by atoms with Crippen LogP contribution in [0.2, 0.25) is 0 Å². The van der Waals surface area contributed by atoms with Crippen molar-refractivity contribution in [2.45, 2.75) is 36.3 Å². The SMILES string of the molecule is O=S(=O)([O-])ON=C(Cc1c[nH]c2ccccc12)S[C@@H]1O[C@H](CO)[C@@H](O)[C@H](O)[C@H]1O. The minimum absolute atomic E-state index is 0.0131. The molecule has 1 aliphatic heterocycles. The molecule has 0 radical (unpaired) electrons. The number of rotatable bonds is 6. The van der Waals surface area contributed by atoms with Gasteiger partial charge >= 0.3 is 0 Å². The first kappa shape index (κ1) is 22.0. The average molecular weight is 447 g/mol. The van der Waals surface area contributed by atoms with Gasteiger partial charge < -0.3 is 34.7 Å². The number of hydrogen-bond acceptors (Lipinski definition) is 11. The molecule has 1 aromatic carbocycles. The topological polar surface area (TPSA) is 185 Å². The molecule has 0 amide bonds. The lowest BCUT2D eigenvalue weighted by atomic mass is 10.0. The Balaban J connectivity index is 1.85. The van der Waals surface area contributed by atoms with E-state index in [4.69, 9.17) is 4.74 Å². The molecule has 1 aromatic heterocycles. The number of aromatic amines is 1. The van der Waals surface area contributed by atoms with Crippen LogP contribution in [0.1, 0.15) is 5.56 Å². The van der Waals surface area contributed by atoms with Crippen molar-refractivity contribution in [1.82, 2.24) is 4.98 Å². The molecule has 13 heteroatoms. The highest BCUT2D eigenvalue weighted by atomic mass is 32.3. The van der Waals surface area contributed by atoms with Crippen LogP contribution in [-0.4, -0.2) is 79.9 Å². The molecule has 29 heavy (non-hydrogen) atoms. The van der Waals surface area contributed by atoms with Crippen LogP contribution in [0.15, 0.2) is 35.6 Å². The highest BCUT2D eigenvalue weighted by molar-refractivity contribution is 8.14. The molecule has 0 saturated carbocycles. The fourth-order valence-electron chi connectivity index (χ4n) is 2.92. The standard InChI is InChI=1S/C16H20N2O9S2/c19-7-11-13(20)14(21)15(22)16(26-11)28-12(18-27-29(23,24)25)5-8-6-17-10-4-2-1-3-9(8)10/h1-4,6,11,13-17,19-22H,5,7H2,(H,23,24,25)/p-1/t11-,13-,14+,15-,16+/m1/s1. The van der Waals surface area contributed by atoms with E-state index in [1.54, 1.807) is 12.3 Å². The van der Waals surface area contributed by atoms with E-state index >= 15 is 0 Å². The third-order valence-electron chi connectivity index (χ3n) is 4.35. The van der Waals surface area contributed by atoms with E-state index in [-0.39, 0.29) is 11.5 Å². The molecule has 1 aliphatic rings. The zero-order valence-corrected chi connectivity index (χ0v) is 16.4. The Morgan fingerprint density at radius 3 is 2.66 bits per heavy atom.